The molecule has 14 heavy (non-hydrogen) atoms. The van der Waals surface area contributed by atoms with Crippen LogP contribution in [-0.2, 0) is 9.59 Å². The number of hydrogen-bond acceptors (Lipinski definition) is 3. The summed E-state index contributed by atoms with van der Waals surface area (Å²) in [6.07, 6.45) is 7.93. The van der Waals surface area contributed by atoms with Crippen molar-refractivity contribution in [1.82, 2.24) is 0 Å². The number of carboxylic acids is 1. The van der Waals surface area contributed by atoms with Gasteiger partial charge in [0, 0.05) is 0 Å². The molecule has 4 heteroatoms. The van der Waals surface area contributed by atoms with Crippen LogP contribution < -0.4 is 0 Å². The van der Waals surface area contributed by atoms with Crippen molar-refractivity contribution in [2.24, 2.45) is 10.9 Å². The van der Waals surface area contributed by atoms with Gasteiger partial charge in [-0.1, -0.05) is 19.3 Å². The van der Waals surface area contributed by atoms with E-state index in [1.165, 1.54) is 6.42 Å². The number of hydrogen-bond donors (Lipinski definition) is 1. The largest absolute Gasteiger partial charge is 0.477 e. The lowest BCUT2D eigenvalue weighted by Gasteiger charge is -2.23. The zero-order valence-electron chi connectivity index (χ0n) is 7.98. The third-order valence-corrected chi connectivity index (χ3v) is 2.56. The molecule has 0 heterocycles. The first-order valence-corrected chi connectivity index (χ1v) is 4.88. The van der Waals surface area contributed by atoms with E-state index in [0.29, 0.717) is 0 Å². The summed E-state index contributed by atoms with van der Waals surface area (Å²) in [7, 11) is 0. The molecule has 0 unspecified atom stereocenters. The predicted octanol–water partition coefficient (Wildman–Crippen LogP) is 1.20. The van der Waals surface area contributed by atoms with Crippen LogP contribution in [-0.4, -0.2) is 29.6 Å². The highest BCUT2D eigenvalue weighted by Crippen LogP contribution is 2.27. The van der Waals surface area contributed by atoms with Crippen LogP contribution in [0.15, 0.2) is 4.99 Å². The fourth-order valence-electron chi connectivity index (χ4n) is 1.84. The van der Waals surface area contributed by atoms with Gasteiger partial charge in [-0.15, -0.1) is 0 Å². The van der Waals surface area contributed by atoms with Crippen LogP contribution in [0.1, 0.15) is 32.1 Å². The van der Waals surface area contributed by atoms with E-state index in [1.54, 1.807) is 0 Å². The Bertz CT molecular complexity index is 232. The molecule has 0 amide bonds. The number of nitrogens with zero attached hydrogens (tertiary/aromatic N) is 1. The van der Waals surface area contributed by atoms with Gasteiger partial charge in [-0.25, -0.2) is 4.79 Å². The average Bonchev–Trinajstić information content (AvgIpc) is 2.20. The van der Waals surface area contributed by atoms with Crippen LogP contribution in [0.4, 0.5) is 0 Å². The van der Waals surface area contributed by atoms with E-state index in [2.05, 4.69) is 4.99 Å². The second-order valence-electron chi connectivity index (χ2n) is 3.58. The number of carbonyl (C=O) groups is 1. The Morgan fingerprint density at radius 3 is 2.57 bits per heavy atom. The molecule has 1 fully saturated rings. The number of rotatable bonds is 4. The molecule has 1 rings (SSSR count). The van der Waals surface area contributed by atoms with Gasteiger partial charge in [0.15, 0.2) is 0 Å². The van der Waals surface area contributed by atoms with Crippen molar-refractivity contribution in [2.75, 3.05) is 0 Å². The fraction of sp³-hybridized carbons (Fsp3) is 0.700. The lowest BCUT2D eigenvalue weighted by atomic mass is 9.85. The van der Waals surface area contributed by atoms with Gasteiger partial charge in [0.1, 0.15) is 12.3 Å². The quantitative estimate of drug-likeness (QED) is 0.687. The molecule has 0 saturated heterocycles. The van der Waals surface area contributed by atoms with Crippen LogP contribution in [0.2, 0.25) is 0 Å². The van der Waals surface area contributed by atoms with E-state index in [1.807, 2.05) is 6.29 Å². The Hall–Kier alpha value is -1.19. The van der Waals surface area contributed by atoms with E-state index in [0.717, 1.165) is 31.9 Å². The van der Waals surface area contributed by atoms with E-state index in [4.69, 9.17) is 5.11 Å². The van der Waals surface area contributed by atoms with Gasteiger partial charge in [-0.2, -0.15) is 0 Å². The molecule has 0 aromatic heterocycles. The van der Waals surface area contributed by atoms with Crippen LogP contribution in [0.3, 0.4) is 0 Å². The third kappa shape index (κ3) is 3.28. The second-order valence-corrected chi connectivity index (χ2v) is 3.58. The molecule has 0 spiro atoms. The summed E-state index contributed by atoms with van der Waals surface area (Å²) in [6, 6.07) is -0.577. The zero-order valence-corrected chi connectivity index (χ0v) is 7.98. The van der Waals surface area contributed by atoms with Crippen molar-refractivity contribution in [3.63, 3.8) is 0 Å². The van der Waals surface area contributed by atoms with Gasteiger partial charge in [0.25, 0.3) is 0 Å². The molecule has 0 aliphatic heterocycles. The third-order valence-electron chi connectivity index (χ3n) is 2.56. The lowest BCUT2D eigenvalue weighted by molar-refractivity contribution is -0.128. The molecule has 77 valence electrons. The summed E-state index contributed by atoms with van der Waals surface area (Å²) in [6.45, 7) is 0. The molecule has 0 aromatic carbocycles. The Kier molecular flexibility index (Phi) is 4.29. The van der Waals surface area contributed by atoms with Gasteiger partial charge in [-0.05, 0) is 18.8 Å². The standard InChI is InChI=1S/C10H14NO3/c12-7-9(11-6-10(13)14)8-4-2-1-3-5-8/h6,8-9H,1-5H2,(H,13,14)/t9-/m1/s1. The number of aliphatic imine (C=N–C) groups is 1. The van der Waals surface area contributed by atoms with Crippen LogP contribution in [0.25, 0.3) is 0 Å². The molecule has 1 atom stereocenters. The Morgan fingerprint density at radius 2 is 2.07 bits per heavy atom. The first-order chi connectivity index (χ1) is 6.74. The van der Waals surface area contributed by atoms with E-state index in [9.17, 15) is 9.59 Å². The number of carboxylic acid groups (broad SMARTS) is 1. The van der Waals surface area contributed by atoms with Crippen LogP contribution >= 0.6 is 0 Å². The highest BCUT2D eigenvalue weighted by atomic mass is 16.4. The Morgan fingerprint density at radius 1 is 1.43 bits per heavy atom. The minimum atomic E-state index is -1.11. The highest BCUT2D eigenvalue weighted by molar-refractivity contribution is 6.22. The molecule has 1 N–H and O–H groups in total. The SMILES string of the molecule is O=[C][C@@H](N=CC(=O)O)C1CCCCC1. The van der Waals surface area contributed by atoms with Crippen molar-refractivity contribution < 1.29 is 14.7 Å². The van der Waals surface area contributed by atoms with Crippen molar-refractivity contribution >= 4 is 18.5 Å². The Balaban J connectivity index is 2.51. The maximum Gasteiger partial charge on any atom is 0.346 e. The minimum absolute atomic E-state index is 0.192. The van der Waals surface area contributed by atoms with Crippen LogP contribution in [0, 0.1) is 5.92 Å². The average molecular weight is 196 g/mol. The van der Waals surface area contributed by atoms with Crippen LogP contribution in [0.5, 0.6) is 0 Å². The van der Waals surface area contributed by atoms with Crippen molar-refractivity contribution in [2.45, 2.75) is 38.1 Å². The molecular weight excluding hydrogens is 182 g/mol. The zero-order chi connectivity index (χ0) is 10.4. The van der Waals surface area contributed by atoms with Crippen molar-refractivity contribution in [1.29, 1.82) is 0 Å². The van der Waals surface area contributed by atoms with Gasteiger partial charge < -0.3 is 5.11 Å². The van der Waals surface area contributed by atoms with E-state index in [-0.39, 0.29) is 5.92 Å². The maximum absolute atomic E-state index is 10.6. The number of aliphatic carboxylic acids is 1. The normalized spacial score (nSPS) is 20.9. The summed E-state index contributed by atoms with van der Waals surface area (Å²) in [4.78, 5) is 24.5. The molecular formula is C10H14NO3. The first-order valence-electron chi connectivity index (χ1n) is 4.88. The van der Waals surface area contributed by atoms with Gasteiger partial charge in [0.2, 0.25) is 6.29 Å². The molecule has 0 aromatic rings. The molecule has 1 aliphatic rings. The summed E-state index contributed by atoms with van der Waals surface area (Å²) in [5, 5.41) is 8.38. The number of carbonyl (C=O) groups excluding carboxylic acids is 1. The summed E-state index contributed by atoms with van der Waals surface area (Å²) < 4.78 is 0. The summed E-state index contributed by atoms with van der Waals surface area (Å²) in [5.41, 5.74) is 0. The van der Waals surface area contributed by atoms with E-state index >= 15 is 0 Å². The Labute approximate surface area is 83.0 Å². The predicted molar refractivity (Wildman–Crippen MR) is 52.2 cm³/mol. The van der Waals surface area contributed by atoms with E-state index < -0.39 is 12.0 Å². The highest BCUT2D eigenvalue weighted by Gasteiger charge is 2.22. The second kappa shape index (κ2) is 5.52. The molecule has 1 saturated carbocycles. The minimum Gasteiger partial charge on any atom is -0.477 e. The monoisotopic (exact) mass is 196 g/mol. The maximum atomic E-state index is 10.6. The fourth-order valence-corrected chi connectivity index (χ4v) is 1.84. The van der Waals surface area contributed by atoms with Crippen molar-refractivity contribution in [3.05, 3.63) is 0 Å². The first kappa shape index (κ1) is 10.9. The topological polar surface area (TPSA) is 66.7 Å². The van der Waals surface area contributed by atoms with Gasteiger partial charge >= 0.3 is 5.97 Å². The van der Waals surface area contributed by atoms with Gasteiger partial charge in [-0.3, -0.25) is 9.79 Å². The summed E-state index contributed by atoms with van der Waals surface area (Å²) >= 11 is 0. The lowest BCUT2D eigenvalue weighted by Crippen LogP contribution is -2.23. The molecule has 1 radical (unpaired) electrons. The molecule has 4 nitrogen and oxygen atoms in total. The molecule has 1 aliphatic carbocycles. The van der Waals surface area contributed by atoms with Crippen molar-refractivity contribution in [3.8, 4) is 0 Å². The smallest absolute Gasteiger partial charge is 0.346 e. The van der Waals surface area contributed by atoms with Gasteiger partial charge in [0.05, 0.1) is 0 Å². The summed E-state index contributed by atoms with van der Waals surface area (Å²) in [5.74, 6) is -0.919. The molecule has 0 bridgehead atoms.